The second kappa shape index (κ2) is 7.70. The number of nitrogens with one attached hydrogen (secondary N) is 1. The molecule has 0 saturated carbocycles. The fraction of sp³-hybridized carbons (Fsp3) is 0.500. The zero-order chi connectivity index (χ0) is 12.5. The van der Waals surface area contributed by atoms with Gasteiger partial charge in [0.1, 0.15) is 5.82 Å². The van der Waals surface area contributed by atoms with Crippen molar-refractivity contribution in [2.24, 2.45) is 0 Å². The van der Waals surface area contributed by atoms with E-state index in [1.165, 1.54) is 5.56 Å². The first kappa shape index (κ1) is 13.5. The monoisotopic (exact) mass is 231 g/mol. The lowest BCUT2D eigenvalue weighted by Gasteiger charge is -2.20. The quantitative estimate of drug-likeness (QED) is 0.728. The van der Waals surface area contributed by atoms with Crippen molar-refractivity contribution >= 4 is 5.82 Å². The molecule has 0 radical (unpaired) electrons. The number of anilines is 1. The van der Waals surface area contributed by atoms with E-state index in [0.29, 0.717) is 6.54 Å². The van der Waals surface area contributed by atoms with Crippen molar-refractivity contribution in [3.63, 3.8) is 0 Å². The highest BCUT2D eigenvalue weighted by molar-refractivity contribution is 5.40. The number of rotatable bonds is 7. The lowest BCUT2D eigenvalue weighted by atomic mass is 10.2. The lowest BCUT2D eigenvalue weighted by Crippen LogP contribution is -2.25. The molecule has 92 valence electrons. The minimum Gasteiger partial charge on any atom is -0.345 e. The van der Waals surface area contributed by atoms with Crippen LogP contribution >= 0.6 is 0 Å². The Kier molecular flexibility index (Phi) is 6.13. The van der Waals surface area contributed by atoms with E-state index in [9.17, 15) is 0 Å². The van der Waals surface area contributed by atoms with Crippen LogP contribution in [0.1, 0.15) is 25.8 Å². The summed E-state index contributed by atoms with van der Waals surface area (Å²) in [7, 11) is 0. The molecule has 17 heavy (non-hydrogen) atoms. The smallest absolute Gasteiger partial charge is 0.129 e. The molecule has 0 fully saturated rings. The van der Waals surface area contributed by atoms with E-state index in [1.54, 1.807) is 0 Å². The molecule has 0 amide bonds. The summed E-state index contributed by atoms with van der Waals surface area (Å²) in [5, 5.41) is 3.28. The summed E-state index contributed by atoms with van der Waals surface area (Å²) in [5.74, 6) is 3.64. The van der Waals surface area contributed by atoms with Crippen LogP contribution in [0, 0.1) is 12.3 Å². The molecule has 0 aliphatic heterocycles. The molecule has 0 spiro atoms. The summed E-state index contributed by atoms with van der Waals surface area (Å²) in [6.45, 7) is 7.64. The Morgan fingerprint density at radius 2 is 2.24 bits per heavy atom. The van der Waals surface area contributed by atoms with Gasteiger partial charge in [-0.05, 0) is 24.6 Å². The van der Waals surface area contributed by atoms with E-state index in [1.807, 2.05) is 12.3 Å². The lowest BCUT2D eigenvalue weighted by molar-refractivity contribution is 0.723. The van der Waals surface area contributed by atoms with Crippen LogP contribution in [0.2, 0.25) is 0 Å². The highest BCUT2D eigenvalue weighted by atomic mass is 15.2. The zero-order valence-corrected chi connectivity index (χ0v) is 10.7. The highest BCUT2D eigenvalue weighted by Gasteiger charge is 2.04. The number of nitrogens with zero attached hydrogens (tertiary/aromatic N) is 2. The molecule has 0 bridgehead atoms. The molecule has 1 aromatic heterocycles. The van der Waals surface area contributed by atoms with Gasteiger partial charge in [-0.1, -0.05) is 25.8 Å². The second-order valence-corrected chi connectivity index (χ2v) is 3.93. The zero-order valence-electron chi connectivity index (χ0n) is 10.7. The van der Waals surface area contributed by atoms with E-state index in [4.69, 9.17) is 6.42 Å². The van der Waals surface area contributed by atoms with Crippen molar-refractivity contribution in [3.05, 3.63) is 23.9 Å². The molecule has 1 aromatic rings. The third-order valence-electron chi connectivity index (χ3n) is 2.49. The van der Waals surface area contributed by atoms with Gasteiger partial charge in [-0.25, -0.2) is 4.98 Å². The van der Waals surface area contributed by atoms with Crippen molar-refractivity contribution in [1.29, 1.82) is 0 Å². The average Bonchev–Trinajstić information content (AvgIpc) is 2.37. The first-order chi connectivity index (χ1) is 8.31. The Morgan fingerprint density at radius 1 is 1.41 bits per heavy atom. The predicted octanol–water partition coefficient (Wildman–Crippen LogP) is 2.04. The van der Waals surface area contributed by atoms with Gasteiger partial charge in [-0.2, -0.15) is 0 Å². The van der Waals surface area contributed by atoms with Gasteiger partial charge in [0.2, 0.25) is 0 Å². The number of hydrogen-bond acceptors (Lipinski definition) is 3. The van der Waals surface area contributed by atoms with Gasteiger partial charge < -0.3 is 10.2 Å². The third-order valence-corrected chi connectivity index (χ3v) is 2.49. The second-order valence-electron chi connectivity index (χ2n) is 3.93. The minimum atomic E-state index is 0.618. The van der Waals surface area contributed by atoms with Crippen LogP contribution in [-0.2, 0) is 6.54 Å². The van der Waals surface area contributed by atoms with E-state index >= 15 is 0 Å². The summed E-state index contributed by atoms with van der Waals surface area (Å²) >= 11 is 0. The van der Waals surface area contributed by atoms with Crippen LogP contribution < -0.4 is 10.2 Å². The Morgan fingerprint density at radius 3 is 2.76 bits per heavy atom. The molecule has 0 saturated heterocycles. The van der Waals surface area contributed by atoms with E-state index in [0.717, 1.165) is 31.9 Å². The fourth-order valence-electron chi connectivity index (χ4n) is 1.63. The highest BCUT2D eigenvalue weighted by Crippen LogP contribution is 2.11. The first-order valence-corrected chi connectivity index (χ1v) is 6.15. The maximum Gasteiger partial charge on any atom is 0.129 e. The maximum atomic E-state index is 5.36. The van der Waals surface area contributed by atoms with Gasteiger partial charge in [0.05, 0.1) is 6.54 Å². The van der Waals surface area contributed by atoms with E-state index < -0.39 is 0 Å². The van der Waals surface area contributed by atoms with Gasteiger partial charge in [-0.3, -0.25) is 0 Å². The van der Waals surface area contributed by atoms with Crippen LogP contribution in [0.4, 0.5) is 5.82 Å². The Bertz CT molecular complexity index is 351. The van der Waals surface area contributed by atoms with Crippen LogP contribution in [-0.4, -0.2) is 24.6 Å². The summed E-state index contributed by atoms with van der Waals surface area (Å²) in [6.07, 6.45) is 8.35. The maximum absolute atomic E-state index is 5.36. The largest absolute Gasteiger partial charge is 0.345 e. The van der Waals surface area contributed by atoms with Crippen molar-refractivity contribution in [1.82, 2.24) is 10.3 Å². The summed E-state index contributed by atoms with van der Waals surface area (Å²) in [5.41, 5.74) is 1.20. The van der Waals surface area contributed by atoms with Gasteiger partial charge in [0, 0.05) is 19.3 Å². The van der Waals surface area contributed by atoms with Crippen LogP contribution in [0.3, 0.4) is 0 Å². The molecule has 1 N–H and O–H groups in total. The molecule has 0 aromatic carbocycles. The Labute approximate surface area is 104 Å². The molecule has 0 aliphatic rings. The number of aromatic nitrogens is 1. The molecule has 3 heteroatoms. The fourth-order valence-corrected chi connectivity index (χ4v) is 1.63. The van der Waals surface area contributed by atoms with Crippen LogP contribution in [0.25, 0.3) is 0 Å². The molecular weight excluding hydrogens is 210 g/mol. The standard InChI is InChI=1S/C14H21N3/c1-4-9-17(10-5-2)14-8-7-13(12-16-14)11-15-6-3/h1,7-8,12,15H,5-6,9-11H2,2-3H3. The summed E-state index contributed by atoms with van der Waals surface area (Å²) in [4.78, 5) is 6.58. The number of hydrogen-bond donors (Lipinski definition) is 1. The molecule has 1 heterocycles. The summed E-state index contributed by atoms with van der Waals surface area (Å²) < 4.78 is 0. The topological polar surface area (TPSA) is 28.2 Å². The van der Waals surface area contributed by atoms with Gasteiger partial charge in [-0.15, -0.1) is 6.42 Å². The van der Waals surface area contributed by atoms with Gasteiger partial charge >= 0.3 is 0 Å². The number of pyridine rings is 1. The van der Waals surface area contributed by atoms with Gasteiger partial charge in [0.25, 0.3) is 0 Å². The first-order valence-electron chi connectivity index (χ1n) is 6.15. The average molecular weight is 231 g/mol. The van der Waals surface area contributed by atoms with Crippen LogP contribution in [0.5, 0.6) is 0 Å². The molecule has 1 rings (SSSR count). The SMILES string of the molecule is C#CCN(CCC)c1ccc(CNCC)cn1. The van der Waals surface area contributed by atoms with Crippen molar-refractivity contribution in [2.75, 3.05) is 24.5 Å². The number of terminal acetylenes is 1. The Hall–Kier alpha value is -1.53. The van der Waals surface area contributed by atoms with Crippen LogP contribution in [0.15, 0.2) is 18.3 Å². The van der Waals surface area contributed by atoms with E-state index in [-0.39, 0.29) is 0 Å². The van der Waals surface area contributed by atoms with Crippen molar-refractivity contribution in [3.8, 4) is 12.3 Å². The third kappa shape index (κ3) is 4.46. The predicted molar refractivity (Wildman–Crippen MR) is 73.0 cm³/mol. The van der Waals surface area contributed by atoms with Crippen molar-refractivity contribution < 1.29 is 0 Å². The molecular formula is C14H21N3. The molecule has 0 aliphatic carbocycles. The minimum absolute atomic E-state index is 0.618. The molecule has 0 atom stereocenters. The Balaban J connectivity index is 2.67. The van der Waals surface area contributed by atoms with Gasteiger partial charge in [0.15, 0.2) is 0 Å². The summed E-state index contributed by atoms with van der Waals surface area (Å²) in [6, 6.07) is 4.14. The molecule has 3 nitrogen and oxygen atoms in total. The normalized spacial score (nSPS) is 9.94. The molecule has 0 unspecified atom stereocenters. The van der Waals surface area contributed by atoms with Crippen molar-refractivity contribution in [2.45, 2.75) is 26.8 Å². The van der Waals surface area contributed by atoms with E-state index in [2.05, 4.69) is 41.0 Å².